The maximum absolute atomic E-state index is 15.2. The van der Waals surface area contributed by atoms with Gasteiger partial charge >= 0.3 is 6.09 Å². The van der Waals surface area contributed by atoms with Crippen molar-refractivity contribution in [3.63, 3.8) is 0 Å². The van der Waals surface area contributed by atoms with Crippen molar-refractivity contribution in [2.75, 3.05) is 13.7 Å². The van der Waals surface area contributed by atoms with Gasteiger partial charge in [-0.3, -0.25) is 4.79 Å². The lowest BCUT2D eigenvalue weighted by Crippen LogP contribution is -2.38. The molecule has 1 fully saturated rings. The van der Waals surface area contributed by atoms with Crippen LogP contribution in [0.25, 0.3) is 22.3 Å². The van der Waals surface area contributed by atoms with Crippen molar-refractivity contribution in [2.24, 2.45) is 0 Å². The molecule has 0 radical (unpaired) electrons. The molecule has 0 bridgehead atoms. The summed E-state index contributed by atoms with van der Waals surface area (Å²) in [6, 6.07) is 9.72. The molecule has 1 atom stereocenters. The predicted molar refractivity (Wildman–Crippen MR) is 136 cm³/mol. The summed E-state index contributed by atoms with van der Waals surface area (Å²) in [7, 11) is 1.39. The highest BCUT2D eigenvalue weighted by atomic mass is 35.5. The highest BCUT2D eigenvalue weighted by molar-refractivity contribution is 6.43. The van der Waals surface area contributed by atoms with E-state index < -0.39 is 11.9 Å². The van der Waals surface area contributed by atoms with Crippen LogP contribution in [0.15, 0.2) is 42.6 Å². The van der Waals surface area contributed by atoms with Gasteiger partial charge in [0.1, 0.15) is 23.3 Å². The fourth-order valence-electron chi connectivity index (χ4n) is 3.90. The van der Waals surface area contributed by atoms with Crippen molar-refractivity contribution in [2.45, 2.75) is 25.5 Å². The van der Waals surface area contributed by atoms with Crippen molar-refractivity contribution in [3.05, 3.63) is 69.2 Å². The maximum Gasteiger partial charge on any atom is 0.407 e. The van der Waals surface area contributed by atoms with Gasteiger partial charge in [0.2, 0.25) is 5.91 Å². The Morgan fingerprint density at radius 1 is 1.17 bits per heavy atom. The van der Waals surface area contributed by atoms with Crippen LogP contribution in [0.2, 0.25) is 15.2 Å². The van der Waals surface area contributed by atoms with Gasteiger partial charge in [-0.15, -0.1) is 0 Å². The van der Waals surface area contributed by atoms with E-state index in [2.05, 4.69) is 15.6 Å². The van der Waals surface area contributed by atoms with E-state index in [-0.39, 0.29) is 46.6 Å². The Bertz CT molecular complexity index is 1320. The zero-order valence-electron chi connectivity index (χ0n) is 19.0. The van der Waals surface area contributed by atoms with Gasteiger partial charge in [0, 0.05) is 41.9 Å². The van der Waals surface area contributed by atoms with Crippen LogP contribution >= 0.6 is 34.8 Å². The zero-order chi connectivity index (χ0) is 25.8. The van der Waals surface area contributed by atoms with Crippen molar-refractivity contribution in [1.29, 1.82) is 0 Å². The van der Waals surface area contributed by atoms with Gasteiger partial charge in [0.05, 0.1) is 22.7 Å². The zero-order valence-corrected chi connectivity index (χ0v) is 21.3. The largest absolute Gasteiger partial charge is 0.496 e. The number of hydrogen-bond acceptors (Lipinski definition) is 5. The maximum atomic E-state index is 15.2. The van der Waals surface area contributed by atoms with Crippen LogP contribution < -0.4 is 15.4 Å². The first kappa shape index (κ1) is 26.0. The molecule has 11 heteroatoms. The molecule has 1 aliphatic heterocycles. The van der Waals surface area contributed by atoms with Crippen LogP contribution in [-0.2, 0) is 16.1 Å². The molecule has 1 saturated heterocycles. The van der Waals surface area contributed by atoms with Gasteiger partial charge in [-0.2, -0.15) is 0 Å². The number of carbonyl (C=O) groups is 2. The minimum atomic E-state index is -0.731. The lowest BCUT2D eigenvalue weighted by Gasteiger charge is -2.16. The van der Waals surface area contributed by atoms with E-state index in [9.17, 15) is 9.59 Å². The standard InChI is InChI=1S/C25H21Cl3FN3O4/c1-35-20-10-13(15-3-2-4-16(22(15)26)17-7-8-30-24(28)23(17)27)9-19(29)18(20)12-36-25(34)31-11-14-5-6-21(33)32-14/h2-4,7-10,14H,5-6,11-12H2,1H3,(H,31,34)(H,32,33)/t14-/m0/s1. The quantitative estimate of drug-likeness (QED) is 0.350. The number of aromatic nitrogens is 1. The average molecular weight is 553 g/mol. The lowest BCUT2D eigenvalue weighted by molar-refractivity contribution is -0.119. The Labute approximate surface area is 221 Å². The second-order valence-electron chi connectivity index (χ2n) is 8.03. The van der Waals surface area contributed by atoms with Crippen LogP contribution in [0.3, 0.4) is 0 Å². The summed E-state index contributed by atoms with van der Waals surface area (Å²) in [6.07, 6.45) is 1.84. The molecule has 2 amide bonds. The van der Waals surface area contributed by atoms with Crippen LogP contribution in [0.5, 0.6) is 5.75 Å². The van der Waals surface area contributed by atoms with Crippen LogP contribution in [0.4, 0.5) is 9.18 Å². The monoisotopic (exact) mass is 551 g/mol. The van der Waals surface area contributed by atoms with Gasteiger partial charge in [-0.1, -0.05) is 53.0 Å². The number of rotatable bonds is 7. The smallest absolute Gasteiger partial charge is 0.407 e. The van der Waals surface area contributed by atoms with E-state index in [1.54, 1.807) is 30.3 Å². The number of hydrogen-bond donors (Lipinski definition) is 2. The summed E-state index contributed by atoms with van der Waals surface area (Å²) in [5.41, 5.74) is 2.26. The molecule has 1 aromatic heterocycles. The molecule has 1 aliphatic rings. The second kappa shape index (κ2) is 11.3. The Kier molecular flexibility index (Phi) is 8.18. The predicted octanol–water partition coefficient (Wildman–Crippen LogP) is 6.03. The number of halogens is 4. The van der Waals surface area contributed by atoms with Gasteiger partial charge in [-0.05, 0) is 30.2 Å². The van der Waals surface area contributed by atoms with Gasteiger partial charge in [-0.25, -0.2) is 14.2 Å². The Morgan fingerprint density at radius 3 is 2.64 bits per heavy atom. The molecule has 0 saturated carbocycles. The van der Waals surface area contributed by atoms with Gasteiger partial charge in [0.15, 0.2) is 0 Å². The molecule has 2 aromatic carbocycles. The van der Waals surface area contributed by atoms with E-state index in [0.717, 1.165) is 0 Å². The van der Waals surface area contributed by atoms with E-state index in [1.165, 1.54) is 19.4 Å². The third-order valence-electron chi connectivity index (χ3n) is 5.75. The number of nitrogens with one attached hydrogen (secondary N) is 2. The summed E-state index contributed by atoms with van der Waals surface area (Å²) in [5, 5.41) is 6.04. The first-order valence-electron chi connectivity index (χ1n) is 10.9. The summed E-state index contributed by atoms with van der Waals surface area (Å²) in [6.45, 7) is -0.123. The van der Waals surface area contributed by atoms with Crippen molar-refractivity contribution in [3.8, 4) is 28.0 Å². The molecule has 7 nitrogen and oxygen atoms in total. The van der Waals surface area contributed by atoms with Crippen molar-refractivity contribution in [1.82, 2.24) is 15.6 Å². The van der Waals surface area contributed by atoms with Gasteiger partial charge < -0.3 is 20.1 Å². The molecular weight excluding hydrogens is 532 g/mol. The highest BCUT2D eigenvalue weighted by Crippen LogP contribution is 2.41. The fourth-order valence-corrected chi connectivity index (χ4v) is 4.61. The second-order valence-corrected chi connectivity index (χ2v) is 9.14. The number of nitrogens with zero attached hydrogens (tertiary/aromatic N) is 1. The molecular formula is C25H21Cl3FN3O4. The molecule has 3 aromatic rings. The summed E-state index contributed by atoms with van der Waals surface area (Å²) < 4.78 is 25.7. The molecule has 2 heterocycles. The molecule has 188 valence electrons. The van der Waals surface area contributed by atoms with E-state index in [4.69, 9.17) is 44.3 Å². The average Bonchev–Trinajstić information content (AvgIpc) is 3.28. The molecule has 0 unspecified atom stereocenters. The molecule has 4 rings (SSSR count). The third kappa shape index (κ3) is 5.67. The summed E-state index contributed by atoms with van der Waals surface area (Å²) in [4.78, 5) is 27.3. The number of amides is 2. The summed E-state index contributed by atoms with van der Waals surface area (Å²) >= 11 is 19.1. The minimum absolute atomic E-state index is 0.0552. The normalized spacial score (nSPS) is 14.9. The molecule has 36 heavy (non-hydrogen) atoms. The van der Waals surface area contributed by atoms with Crippen molar-refractivity contribution >= 4 is 46.8 Å². The molecule has 2 N–H and O–H groups in total. The van der Waals surface area contributed by atoms with E-state index in [0.29, 0.717) is 40.1 Å². The number of benzene rings is 2. The molecule has 0 spiro atoms. The number of carbonyl (C=O) groups excluding carboxylic acids is 2. The lowest BCUT2D eigenvalue weighted by atomic mass is 9.98. The Morgan fingerprint density at radius 2 is 1.92 bits per heavy atom. The topological polar surface area (TPSA) is 89.6 Å². The number of alkyl carbamates (subject to hydrolysis) is 1. The summed E-state index contributed by atoms with van der Waals surface area (Å²) in [5.74, 6) is -0.501. The molecule has 0 aliphatic carbocycles. The first-order chi connectivity index (χ1) is 17.3. The number of pyridine rings is 1. The van der Waals surface area contributed by atoms with E-state index in [1.807, 2.05) is 0 Å². The van der Waals surface area contributed by atoms with Crippen LogP contribution in [0, 0.1) is 5.82 Å². The van der Waals surface area contributed by atoms with E-state index >= 15 is 4.39 Å². The highest BCUT2D eigenvalue weighted by Gasteiger charge is 2.22. The number of methoxy groups -OCH3 is 1. The third-order valence-corrected chi connectivity index (χ3v) is 6.92. The minimum Gasteiger partial charge on any atom is -0.496 e. The first-order valence-corrected chi connectivity index (χ1v) is 12.1. The Hall–Kier alpha value is -3.07. The number of ether oxygens (including phenoxy) is 2. The van der Waals surface area contributed by atoms with Gasteiger partial charge in [0.25, 0.3) is 0 Å². The van der Waals surface area contributed by atoms with Crippen LogP contribution in [0.1, 0.15) is 18.4 Å². The van der Waals surface area contributed by atoms with Crippen molar-refractivity contribution < 1.29 is 23.5 Å². The Balaban J connectivity index is 1.54. The van der Waals surface area contributed by atoms with Crippen LogP contribution in [-0.4, -0.2) is 36.7 Å². The fraction of sp³-hybridized carbons (Fsp3) is 0.240. The SMILES string of the molecule is COc1cc(-c2cccc(-c3ccnc(Cl)c3Cl)c2Cl)cc(F)c1COC(=O)NC[C@@H]1CCC(=O)N1.